The Morgan fingerprint density at radius 3 is 2.46 bits per heavy atom. The van der Waals surface area contributed by atoms with E-state index in [1.165, 1.54) is 11.9 Å². The molecule has 1 aliphatic rings. The first kappa shape index (κ1) is 21.9. The summed E-state index contributed by atoms with van der Waals surface area (Å²) in [5, 5.41) is 9.48. The van der Waals surface area contributed by atoms with Crippen molar-refractivity contribution >= 4 is 16.7 Å². The van der Waals surface area contributed by atoms with E-state index in [0.717, 1.165) is 43.0 Å². The molecule has 1 fully saturated rings. The number of carboxylic acid groups (broad SMARTS) is 1. The second-order valence-corrected chi connectivity index (χ2v) is 7.20. The zero-order valence-electron chi connectivity index (χ0n) is 15.9. The van der Waals surface area contributed by atoms with Gasteiger partial charge in [-0.3, -0.25) is 4.98 Å². The van der Waals surface area contributed by atoms with Crippen molar-refractivity contribution in [1.29, 1.82) is 0 Å². The van der Waals surface area contributed by atoms with Crippen LogP contribution in [-0.4, -0.2) is 52.9 Å². The molecule has 28 heavy (non-hydrogen) atoms. The number of alkyl halides is 3. The third-order valence-corrected chi connectivity index (χ3v) is 4.32. The van der Waals surface area contributed by atoms with Crippen LogP contribution in [-0.2, 0) is 4.79 Å². The standard InChI is InChI=1S/C18H24N2O.C2HF3O2/c1-14(2)13-20-9-6-17(7-10-20)21-18-4-3-16-12-19-8-5-15(16)11-18;3-2(4,5)1(6)7/h3-5,8,11-12,14,17H,6-7,9-10,13H2,1-2H3;(H,6,7). The molecular weight excluding hydrogens is 373 g/mol. The van der Waals surface area contributed by atoms with Crippen LogP contribution in [0.15, 0.2) is 36.7 Å². The molecule has 0 amide bonds. The molecule has 1 aromatic carbocycles. The predicted octanol–water partition coefficient (Wildman–Crippen LogP) is 4.37. The highest BCUT2D eigenvalue weighted by Gasteiger charge is 2.38. The van der Waals surface area contributed by atoms with Gasteiger partial charge in [-0.05, 0) is 48.4 Å². The lowest BCUT2D eigenvalue weighted by molar-refractivity contribution is -0.192. The number of nitrogens with zero attached hydrogens (tertiary/aromatic N) is 2. The SMILES string of the molecule is CC(C)CN1CCC(Oc2ccc3cnccc3c2)CC1.O=C(O)C(F)(F)F. The molecule has 2 aromatic rings. The van der Waals surface area contributed by atoms with E-state index < -0.39 is 12.1 Å². The summed E-state index contributed by atoms with van der Waals surface area (Å²) in [6.45, 7) is 8.08. The summed E-state index contributed by atoms with van der Waals surface area (Å²) in [4.78, 5) is 15.6. The number of piperidine rings is 1. The van der Waals surface area contributed by atoms with Gasteiger partial charge in [0.2, 0.25) is 0 Å². The van der Waals surface area contributed by atoms with Crippen LogP contribution in [0.1, 0.15) is 26.7 Å². The normalized spacial score (nSPS) is 15.9. The van der Waals surface area contributed by atoms with Gasteiger partial charge >= 0.3 is 12.1 Å². The summed E-state index contributed by atoms with van der Waals surface area (Å²) >= 11 is 0. The number of halogens is 3. The highest BCUT2D eigenvalue weighted by molar-refractivity contribution is 5.82. The lowest BCUT2D eigenvalue weighted by Gasteiger charge is -2.33. The predicted molar refractivity (Wildman–Crippen MR) is 100 cm³/mol. The van der Waals surface area contributed by atoms with Gasteiger partial charge in [0.25, 0.3) is 0 Å². The Kier molecular flexibility index (Phi) is 7.62. The molecule has 0 radical (unpaired) electrons. The quantitative estimate of drug-likeness (QED) is 0.829. The number of hydrogen-bond acceptors (Lipinski definition) is 4. The van der Waals surface area contributed by atoms with Crippen molar-refractivity contribution in [3.63, 3.8) is 0 Å². The van der Waals surface area contributed by atoms with Crippen LogP contribution in [0.3, 0.4) is 0 Å². The Morgan fingerprint density at radius 1 is 1.25 bits per heavy atom. The minimum absolute atomic E-state index is 0.354. The van der Waals surface area contributed by atoms with Crippen molar-refractivity contribution in [3.05, 3.63) is 36.7 Å². The van der Waals surface area contributed by atoms with E-state index in [1.54, 1.807) is 0 Å². The molecule has 2 heterocycles. The second kappa shape index (κ2) is 9.73. The molecule has 0 unspecified atom stereocenters. The van der Waals surface area contributed by atoms with Crippen molar-refractivity contribution < 1.29 is 27.8 Å². The molecule has 8 heteroatoms. The minimum Gasteiger partial charge on any atom is -0.490 e. The average Bonchev–Trinajstić information content (AvgIpc) is 2.62. The summed E-state index contributed by atoms with van der Waals surface area (Å²) in [6.07, 6.45) is 1.25. The van der Waals surface area contributed by atoms with Gasteiger partial charge in [0, 0.05) is 37.4 Å². The third kappa shape index (κ3) is 6.99. The number of pyridine rings is 1. The van der Waals surface area contributed by atoms with Crippen molar-refractivity contribution in [1.82, 2.24) is 9.88 Å². The Hall–Kier alpha value is -2.35. The number of fused-ring (bicyclic) bond motifs is 1. The number of aliphatic carboxylic acids is 1. The monoisotopic (exact) mass is 398 g/mol. The largest absolute Gasteiger partial charge is 0.490 e. The Labute approximate surface area is 162 Å². The summed E-state index contributed by atoms with van der Waals surface area (Å²) < 4.78 is 37.9. The van der Waals surface area contributed by atoms with Gasteiger partial charge in [-0.2, -0.15) is 13.2 Å². The molecule has 1 N–H and O–H groups in total. The van der Waals surface area contributed by atoms with Crippen LogP contribution in [0.4, 0.5) is 13.2 Å². The summed E-state index contributed by atoms with van der Waals surface area (Å²) in [7, 11) is 0. The van der Waals surface area contributed by atoms with E-state index in [0.29, 0.717) is 6.10 Å². The maximum atomic E-state index is 10.6. The highest BCUT2D eigenvalue weighted by atomic mass is 19.4. The van der Waals surface area contributed by atoms with E-state index >= 15 is 0 Å². The fourth-order valence-corrected chi connectivity index (χ4v) is 3.05. The summed E-state index contributed by atoms with van der Waals surface area (Å²) in [5.41, 5.74) is 0. The van der Waals surface area contributed by atoms with Crippen molar-refractivity contribution in [2.45, 2.75) is 39.0 Å². The number of rotatable bonds is 4. The first-order chi connectivity index (χ1) is 13.1. The van der Waals surface area contributed by atoms with Crippen LogP contribution >= 0.6 is 0 Å². The van der Waals surface area contributed by atoms with Crippen LogP contribution in [0.5, 0.6) is 5.75 Å². The van der Waals surface area contributed by atoms with Crippen LogP contribution in [0.2, 0.25) is 0 Å². The van der Waals surface area contributed by atoms with E-state index in [-0.39, 0.29) is 0 Å². The molecule has 5 nitrogen and oxygen atoms in total. The van der Waals surface area contributed by atoms with Crippen molar-refractivity contribution in [2.24, 2.45) is 5.92 Å². The molecule has 1 aromatic heterocycles. The van der Waals surface area contributed by atoms with Gasteiger partial charge in [0.05, 0.1) is 0 Å². The average molecular weight is 398 g/mol. The van der Waals surface area contributed by atoms with Gasteiger partial charge in [-0.25, -0.2) is 4.79 Å². The molecular formula is C20H25F3N2O3. The summed E-state index contributed by atoms with van der Waals surface area (Å²) in [6, 6.07) is 8.31. The topological polar surface area (TPSA) is 62.7 Å². The van der Waals surface area contributed by atoms with Gasteiger partial charge in [0.1, 0.15) is 11.9 Å². The fourth-order valence-electron chi connectivity index (χ4n) is 3.05. The van der Waals surface area contributed by atoms with Crippen molar-refractivity contribution in [2.75, 3.05) is 19.6 Å². The summed E-state index contributed by atoms with van der Waals surface area (Å²) in [5.74, 6) is -1.03. The highest BCUT2D eigenvalue weighted by Crippen LogP contribution is 2.23. The molecule has 154 valence electrons. The number of aromatic nitrogens is 1. The lowest BCUT2D eigenvalue weighted by Crippen LogP contribution is -2.39. The number of hydrogen-bond donors (Lipinski definition) is 1. The molecule has 0 aliphatic carbocycles. The van der Waals surface area contributed by atoms with E-state index in [1.807, 2.05) is 18.5 Å². The molecule has 1 saturated heterocycles. The molecule has 0 bridgehead atoms. The smallest absolute Gasteiger partial charge is 0.490 e. The molecule has 0 spiro atoms. The maximum Gasteiger partial charge on any atom is 0.490 e. The Bertz CT molecular complexity index is 773. The number of benzene rings is 1. The van der Waals surface area contributed by atoms with Crippen LogP contribution < -0.4 is 4.74 Å². The van der Waals surface area contributed by atoms with Crippen LogP contribution in [0.25, 0.3) is 10.8 Å². The lowest BCUT2D eigenvalue weighted by atomic mass is 10.1. The van der Waals surface area contributed by atoms with Gasteiger partial charge in [-0.1, -0.05) is 13.8 Å². The van der Waals surface area contributed by atoms with E-state index in [2.05, 4.69) is 41.9 Å². The van der Waals surface area contributed by atoms with Crippen molar-refractivity contribution in [3.8, 4) is 5.75 Å². The van der Waals surface area contributed by atoms with Crippen LogP contribution in [0, 0.1) is 5.92 Å². The number of carbonyl (C=O) groups is 1. The molecule has 3 rings (SSSR count). The molecule has 0 saturated carbocycles. The van der Waals surface area contributed by atoms with E-state index in [4.69, 9.17) is 14.6 Å². The number of likely N-dealkylation sites (tertiary alicyclic amines) is 1. The minimum atomic E-state index is -5.08. The van der Waals surface area contributed by atoms with Gasteiger partial charge < -0.3 is 14.7 Å². The number of carboxylic acids is 1. The zero-order valence-corrected chi connectivity index (χ0v) is 15.9. The fraction of sp³-hybridized carbons (Fsp3) is 0.500. The Balaban J connectivity index is 0.000000345. The maximum absolute atomic E-state index is 10.6. The van der Waals surface area contributed by atoms with Gasteiger partial charge in [-0.15, -0.1) is 0 Å². The zero-order chi connectivity index (χ0) is 20.7. The molecule has 1 aliphatic heterocycles. The molecule has 0 atom stereocenters. The first-order valence-corrected chi connectivity index (χ1v) is 9.18. The first-order valence-electron chi connectivity index (χ1n) is 9.18. The van der Waals surface area contributed by atoms with Gasteiger partial charge in [0.15, 0.2) is 0 Å². The third-order valence-electron chi connectivity index (χ3n) is 4.32. The second-order valence-electron chi connectivity index (χ2n) is 7.20. The Morgan fingerprint density at radius 2 is 1.89 bits per heavy atom. The van der Waals surface area contributed by atoms with E-state index in [9.17, 15) is 13.2 Å². The number of ether oxygens (including phenoxy) is 1.